The topological polar surface area (TPSA) is 26.7 Å². The molecule has 0 aromatic rings. The van der Waals surface area contributed by atoms with Gasteiger partial charge in [0.25, 0.3) is 0 Å². The summed E-state index contributed by atoms with van der Waals surface area (Å²) in [4.78, 5) is 4.94. The first-order valence-corrected chi connectivity index (χ1v) is 7.15. The number of nitrogens with zero attached hydrogens (tertiary/aromatic N) is 2. The van der Waals surface area contributed by atoms with Crippen molar-refractivity contribution < 1.29 is 5.11 Å². The van der Waals surface area contributed by atoms with Crippen LogP contribution in [0.15, 0.2) is 0 Å². The minimum absolute atomic E-state index is 0.220. The van der Waals surface area contributed by atoms with E-state index in [0.717, 1.165) is 12.6 Å². The Morgan fingerprint density at radius 3 is 2.35 bits per heavy atom. The van der Waals surface area contributed by atoms with Crippen molar-refractivity contribution in [1.29, 1.82) is 0 Å². The van der Waals surface area contributed by atoms with Crippen LogP contribution in [0, 0.1) is 5.41 Å². The molecule has 17 heavy (non-hydrogen) atoms. The number of aliphatic hydroxyl groups is 1. The highest BCUT2D eigenvalue weighted by Crippen LogP contribution is 2.38. The summed E-state index contributed by atoms with van der Waals surface area (Å²) < 4.78 is 0. The van der Waals surface area contributed by atoms with Gasteiger partial charge in [-0.1, -0.05) is 12.8 Å². The Balaban J connectivity index is 1.85. The highest BCUT2D eigenvalue weighted by atomic mass is 16.3. The fourth-order valence-electron chi connectivity index (χ4n) is 3.59. The molecule has 3 heteroatoms. The largest absolute Gasteiger partial charge is 0.396 e. The minimum Gasteiger partial charge on any atom is -0.396 e. The van der Waals surface area contributed by atoms with Gasteiger partial charge >= 0.3 is 0 Å². The Bertz CT molecular complexity index is 230. The van der Waals surface area contributed by atoms with Crippen LogP contribution in [0.5, 0.6) is 0 Å². The molecule has 1 aliphatic carbocycles. The zero-order valence-electron chi connectivity index (χ0n) is 11.5. The number of likely N-dealkylation sites (tertiary alicyclic amines) is 1. The molecule has 1 saturated carbocycles. The van der Waals surface area contributed by atoms with Crippen molar-refractivity contribution in [3.63, 3.8) is 0 Å². The van der Waals surface area contributed by atoms with Gasteiger partial charge in [0.2, 0.25) is 0 Å². The molecule has 2 rings (SSSR count). The van der Waals surface area contributed by atoms with E-state index in [1.165, 1.54) is 51.6 Å². The van der Waals surface area contributed by atoms with Gasteiger partial charge in [0.05, 0.1) is 0 Å². The Morgan fingerprint density at radius 2 is 1.82 bits per heavy atom. The van der Waals surface area contributed by atoms with Crippen molar-refractivity contribution in [2.75, 3.05) is 40.3 Å². The van der Waals surface area contributed by atoms with Crippen LogP contribution in [-0.4, -0.2) is 61.3 Å². The fourth-order valence-corrected chi connectivity index (χ4v) is 3.59. The molecule has 3 nitrogen and oxygen atoms in total. The molecule has 1 N–H and O–H groups in total. The molecule has 0 bridgehead atoms. The lowest BCUT2D eigenvalue weighted by Gasteiger charge is -2.39. The standard InChI is InChI=1S/C14H28N2O/c1-15-9-5-13(6-10-15)16(2)11-14(12-17)7-3-4-8-14/h13,17H,3-12H2,1-2H3. The number of rotatable bonds is 4. The lowest BCUT2D eigenvalue weighted by Crippen LogP contribution is -2.46. The molecular formula is C14H28N2O. The summed E-state index contributed by atoms with van der Waals surface area (Å²) in [5, 5.41) is 9.67. The molecule has 2 fully saturated rings. The van der Waals surface area contributed by atoms with E-state index in [-0.39, 0.29) is 5.41 Å². The molecule has 0 atom stereocenters. The summed E-state index contributed by atoms with van der Waals surface area (Å²) in [6.07, 6.45) is 7.63. The van der Waals surface area contributed by atoms with Crippen LogP contribution in [0.3, 0.4) is 0 Å². The third-order valence-electron chi connectivity index (χ3n) is 4.90. The van der Waals surface area contributed by atoms with Crippen molar-refractivity contribution in [2.24, 2.45) is 5.41 Å². The summed E-state index contributed by atoms with van der Waals surface area (Å²) in [7, 11) is 4.47. The maximum Gasteiger partial charge on any atom is 0.0499 e. The van der Waals surface area contributed by atoms with E-state index in [0.29, 0.717) is 6.61 Å². The highest BCUT2D eigenvalue weighted by Gasteiger charge is 2.35. The average Bonchev–Trinajstić information content (AvgIpc) is 2.79. The van der Waals surface area contributed by atoms with Gasteiger partial charge in [-0.05, 0) is 52.9 Å². The lowest BCUT2D eigenvalue weighted by molar-refractivity contribution is 0.0543. The SMILES string of the molecule is CN1CCC(N(C)CC2(CO)CCCC2)CC1. The predicted molar refractivity (Wildman–Crippen MR) is 71.1 cm³/mol. The summed E-state index contributed by atoms with van der Waals surface area (Å²) in [5.41, 5.74) is 0.220. The van der Waals surface area contributed by atoms with E-state index >= 15 is 0 Å². The van der Waals surface area contributed by atoms with Crippen molar-refractivity contribution in [3.8, 4) is 0 Å². The van der Waals surface area contributed by atoms with Crippen molar-refractivity contribution in [2.45, 2.75) is 44.6 Å². The first kappa shape index (κ1) is 13.3. The van der Waals surface area contributed by atoms with Gasteiger partial charge in [-0.2, -0.15) is 0 Å². The van der Waals surface area contributed by atoms with Crippen LogP contribution >= 0.6 is 0 Å². The second-order valence-electron chi connectivity index (χ2n) is 6.31. The second kappa shape index (κ2) is 5.68. The van der Waals surface area contributed by atoms with Gasteiger partial charge in [0.1, 0.15) is 0 Å². The third-order valence-corrected chi connectivity index (χ3v) is 4.90. The molecule has 0 aromatic heterocycles. The van der Waals surface area contributed by atoms with Crippen LogP contribution < -0.4 is 0 Å². The molecule has 100 valence electrons. The van der Waals surface area contributed by atoms with E-state index in [4.69, 9.17) is 0 Å². The summed E-state index contributed by atoms with van der Waals surface area (Å²) in [5.74, 6) is 0. The van der Waals surface area contributed by atoms with Crippen LogP contribution in [0.2, 0.25) is 0 Å². The first-order chi connectivity index (χ1) is 8.15. The van der Waals surface area contributed by atoms with Gasteiger partial charge < -0.3 is 14.9 Å². The molecule has 1 saturated heterocycles. The summed E-state index contributed by atoms with van der Waals surface area (Å²) in [6, 6.07) is 0.732. The molecular weight excluding hydrogens is 212 g/mol. The maximum atomic E-state index is 9.67. The molecule has 0 amide bonds. The smallest absolute Gasteiger partial charge is 0.0499 e. The monoisotopic (exact) mass is 240 g/mol. The van der Waals surface area contributed by atoms with Gasteiger partial charge in [-0.15, -0.1) is 0 Å². The van der Waals surface area contributed by atoms with Crippen LogP contribution in [0.4, 0.5) is 0 Å². The number of hydrogen-bond acceptors (Lipinski definition) is 3. The van der Waals surface area contributed by atoms with E-state index in [2.05, 4.69) is 23.9 Å². The second-order valence-corrected chi connectivity index (χ2v) is 6.31. The van der Waals surface area contributed by atoms with Crippen molar-refractivity contribution >= 4 is 0 Å². The van der Waals surface area contributed by atoms with E-state index in [1.807, 2.05) is 0 Å². The zero-order chi connectivity index (χ0) is 12.3. The molecule has 0 aromatic carbocycles. The van der Waals surface area contributed by atoms with Crippen molar-refractivity contribution in [1.82, 2.24) is 9.80 Å². The third kappa shape index (κ3) is 3.21. The average molecular weight is 240 g/mol. The Kier molecular flexibility index (Phi) is 4.45. The molecule has 0 spiro atoms. The van der Waals surface area contributed by atoms with E-state index in [1.54, 1.807) is 0 Å². The van der Waals surface area contributed by atoms with Crippen molar-refractivity contribution in [3.05, 3.63) is 0 Å². The number of hydrogen-bond donors (Lipinski definition) is 1. The van der Waals surface area contributed by atoms with E-state index < -0.39 is 0 Å². The predicted octanol–water partition coefficient (Wildman–Crippen LogP) is 1.57. The lowest BCUT2D eigenvalue weighted by atomic mass is 9.86. The van der Waals surface area contributed by atoms with Crippen LogP contribution in [0.25, 0.3) is 0 Å². The summed E-state index contributed by atoms with van der Waals surface area (Å²) in [6.45, 7) is 3.92. The highest BCUT2D eigenvalue weighted by molar-refractivity contribution is 4.89. The van der Waals surface area contributed by atoms with E-state index in [9.17, 15) is 5.11 Å². The Hall–Kier alpha value is -0.120. The number of aliphatic hydroxyl groups excluding tert-OH is 1. The Labute approximate surface area is 106 Å². The number of piperidine rings is 1. The van der Waals surface area contributed by atoms with Gasteiger partial charge in [-0.3, -0.25) is 0 Å². The Morgan fingerprint density at radius 1 is 1.24 bits per heavy atom. The summed E-state index contributed by atoms with van der Waals surface area (Å²) >= 11 is 0. The minimum atomic E-state index is 0.220. The molecule has 0 radical (unpaired) electrons. The molecule has 2 aliphatic rings. The van der Waals surface area contributed by atoms with Gasteiger partial charge in [0, 0.05) is 24.6 Å². The zero-order valence-corrected chi connectivity index (χ0v) is 11.5. The van der Waals surface area contributed by atoms with Crippen LogP contribution in [-0.2, 0) is 0 Å². The quantitative estimate of drug-likeness (QED) is 0.808. The maximum absolute atomic E-state index is 9.67. The fraction of sp³-hybridized carbons (Fsp3) is 1.00. The van der Waals surface area contributed by atoms with Gasteiger partial charge in [0.15, 0.2) is 0 Å². The molecule has 0 unspecified atom stereocenters. The molecule has 1 heterocycles. The normalized spacial score (nSPS) is 26.8. The first-order valence-electron chi connectivity index (χ1n) is 7.15. The van der Waals surface area contributed by atoms with Gasteiger partial charge in [-0.25, -0.2) is 0 Å². The van der Waals surface area contributed by atoms with Crippen LogP contribution in [0.1, 0.15) is 38.5 Å². The molecule has 1 aliphatic heterocycles.